The van der Waals surface area contributed by atoms with Crippen molar-refractivity contribution >= 4 is 38.6 Å². The summed E-state index contributed by atoms with van der Waals surface area (Å²) < 4.78 is 18.8. The van der Waals surface area contributed by atoms with E-state index in [4.69, 9.17) is 4.42 Å². The predicted octanol–water partition coefficient (Wildman–Crippen LogP) is 4.48. The van der Waals surface area contributed by atoms with E-state index < -0.39 is 0 Å². The minimum atomic E-state index is -0.357. The summed E-state index contributed by atoms with van der Waals surface area (Å²) in [5.41, 5.74) is 3.37. The third kappa shape index (κ3) is 3.11. The predicted molar refractivity (Wildman–Crippen MR) is 97.9 cm³/mol. The van der Waals surface area contributed by atoms with Gasteiger partial charge in [-0.05, 0) is 76.9 Å². The van der Waals surface area contributed by atoms with E-state index in [0.29, 0.717) is 27.1 Å². The van der Waals surface area contributed by atoms with Crippen molar-refractivity contribution < 1.29 is 13.6 Å². The van der Waals surface area contributed by atoms with E-state index >= 15 is 0 Å². The Morgan fingerprint density at radius 3 is 2.46 bits per heavy atom. The second-order valence-electron chi connectivity index (χ2n) is 5.68. The van der Waals surface area contributed by atoms with Gasteiger partial charge in [0.1, 0.15) is 16.9 Å². The number of carbonyl (C=O) groups excluding carboxylic acids is 1. The summed E-state index contributed by atoms with van der Waals surface area (Å²) in [6.45, 7) is 1.87. The second-order valence-corrected chi connectivity index (χ2v) is 6.46. The van der Waals surface area contributed by atoms with E-state index in [1.165, 1.54) is 16.9 Å². The highest BCUT2D eigenvalue weighted by Crippen LogP contribution is 2.23. The van der Waals surface area contributed by atoms with Crippen LogP contribution in [0.4, 0.5) is 10.1 Å². The number of aromatic nitrogens is 3. The molecule has 1 amide bonds. The Bertz CT molecular complexity index is 1120. The lowest BCUT2D eigenvalue weighted by atomic mass is 10.1. The molecule has 0 saturated heterocycles. The molecule has 0 fully saturated rings. The molecule has 4 rings (SSSR count). The van der Waals surface area contributed by atoms with Crippen LogP contribution in [0, 0.1) is 12.7 Å². The zero-order valence-electron chi connectivity index (χ0n) is 13.5. The number of carbonyl (C=O) groups is 1. The quantitative estimate of drug-likeness (QED) is 0.536. The molecule has 0 atom stereocenters. The molecule has 0 unspecified atom stereocenters. The number of amides is 1. The van der Waals surface area contributed by atoms with Gasteiger partial charge in [0.15, 0.2) is 10.4 Å². The van der Waals surface area contributed by atoms with E-state index in [0.717, 1.165) is 5.56 Å². The lowest BCUT2D eigenvalue weighted by molar-refractivity contribution is 0.0995. The smallest absolute Gasteiger partial charge is 0.291 e. The number of rotatable bonds is 3. The first-order valence-electron chi connectivity index (χ1n) is 7.70. The van der Waals surface area contributed by atoms with Crippen LogP contribution in [0.25, 0.3) is 16.7 Å². The molecular formula is C18H12BrFN4O2. The number of hydrogen-bond donors (Lipinski definition) is 1. The molecule has 2 aromatic heterocycles. The van der Waals surface area contributed by atoms with Crippen molar-refractivity contribution in [1.29, 1.82) is 0 Å². The van der Waals surface area contributed by atoms with Gasteiger partial charge in [0.2, 0.25) is 0 Å². The van der Waals surface area contributed by atoms with Gasteiger partial charge in [0.05, 0.1) is 5.69 Å². The second kappa shape index (κ2) is 6.38. The van der Waals surface area contributed by atoms with Gasteiger partial charge < -0.3 is 9.73 Å². The van der Waals surface area contributed by atoms with Crippen LogP contribution in [0.3, 0.4) is 0 Å². The van der Waals surface area contributed by atoms with Crippen LogP contribution in [0.15, 0.2) is 57.6 Å². The molecule has 0 spiro atoms. The van der Waals surface area contributed by atoms with Crippen LogP contribution in [0.1, 0.15) is 16.1 Å². The van der Waals surface area contributed by atoms with Gasteiger partial charge >= 0.3 is 0 Å². The Morgan fingerprint density at radius 2 is 1.81 bits per heavy atom. The SMILES string of the molecule is Cc1cc2nn(-c3ccc(F)cc3)nc2cc1NC(=O)c1ccc(Br)o1. The highest BCUT2D eigenvalue weighted by Gasteiger charge is 2.14. The van der Waals surface area contributed by atoms with Crippen molar-refractivity contribution in [2.75, 3.05) is 5.32 Å². The minimum absolute atomic E-state index is 0.200. The van der Waals surface area contributed by atoms with Crippen molar-refractivity contribution in [1.82, 2.24) is 15.0 Å². The lowest BCUT2D eigenvalue weighted by Gasteiger charge is -2.06. The Balaban J connectivity index is 1.67. The Hall–Kier alpha value is -3.00. The summed E-state index contributed by atoms with van der Waals surface area (Å²) in [4.78, 5) is 13.7. The average Bonchev–Trinajstić information content (AvgIpc) is 3.22. The summed E-state index contributed by atoms with van der Waals surface area (Å²) in [5, 5.41) is 11.6. The summed E-state index contributed by atoms with van der Waals surface area (Å²) in [6, 6.07) is 12.7. The topological polar surface area (TPSA) is 73.0 Å². The van der Waals surface area contributed by atoms with Crippen LogP contribution in [0.5, 0.6) is 0 Å². The molecule has 8 heteroatoms. The number of nitrogens with zero attached hydrogens (tertiary/aromatic N) is 3. The molecule has 4 aromatic rings. The fourth-order valence-electron chi connectivity index (χ4n) is 2.51. The molecule has 0 bridgehead atoms. The zero-order chi connectivity index (χ0) is 18.3. The summed E-state index contributed by atoms with van der Waals surface area (Å²) in [5.74, 6) is -0.480. The van der Waals surface area contributed by atoms with Crippen molar-refractivity contribution in [3.8, 4) is 5.69 Å². The minimum Gasteiger partial charge on any atom is -0.444 e. The van der Waals surface area contributed by atoms with Crippen LogP contribution >= 0.6 is 15.9 Å². The first kappa shape index (κ1) is 16.5. The monoisotopic (exact) mass is 414 g/mol. The van der Waals surface area contributed by atoms with Gasteiger partial charge in [-0.3, -0.25) is 4.79 Å². The molecule has 26 heavy (non-hydrogen) atoms. The van der Waals surface area contributed by atoms with Gasteiger partial charge in [-0.15, -0.1) is 10.2 Å². The maximum absolute atomic E-state index is 13.1. The Kier molecular flexibility index (Phi) is 4.04. The highest BCUT2D eigenvalue weighted by molar-refractivity contribution is 9.10. The number of halogens is 2. The average molecular weight is 415 g/mol. The van der Waals surface area contributed by atoms with Gasteiger partial charge in [0.25, 0.3) is 5.91 Å². The molecule has 0 aliphatic carbocycles. The fraction of sp³-hybridized carbons (Fsp3) is 0.0556. The number of nitrogens with one attached hydrogen (secondary N) is 1. The van der Waals surface area contributed by atoms with Crippen molar-refractivity contribution in [2.24, 2.45) is 0 Å². The molecular weight excluding hydrogens is 403 g/mol. The van der Waals surface area contributed by atoms with Gasteiger partial charge in [0, 0.05) is 5.69 Å². The summed E-state index contributed by atoms with van der Waals surface area (Å²) >= 11 is 3.17. The molecule has 0 radical (unpaired) electrons. The number of benzene rings is 2. The number of anilines is 1. The van der Waals surface area contributed by atoms with Gasteiger partial charge in [-0.25, -0.2) is 4.39 Å². The van der Waals surface area contributed by atoms with Crippen molar-refractivity contribution in [3.05, 3.63) is 70.3 Å². The largest absolute Gasteiger partial charge is 0.444 e. The summed E-state index contributed by atoms with van der Waals surface area (Å²) in [7, 11) is 0. The van der Waals surface area contributed by atoms with E-state index in [2.05, 4.69) is 31.4 Å². The van der Waals surface area contributed by atoms with Crippen molar-refractivity contribution in [3.63, 3.8) is 0 Å². The van der Waals surface area contributed by atoms with Crippen molar-refractivity contribution in [2.45, 2.75) is 6.92 Å². The number of fused-ring (bicyclic) bond motifs is 1. The normalized spacial score (nSPS) is 11.0. The van der Waals surface area contributed by atoms with Crippen LogP contribution in [-0.4, -0.2) is 20.9 Å². The lowest BCUT2D eigenvalue weighted by Crippen LogP contribution is -2.11. The zero-order valence-corrected chi connectivity index (χ0v) is 15.1. The molecule has 130 valence electrons. The van der Waals surface area contributed by atoms with Gasteiger partial charge in [-0.2, -0.15) is 4.80 Å². The van der Waals surface area contributed by atoms with Crippen LogP contribution in [-0.2, 0) is 0 Å². The molecule has 2 heterocycles. The molecule has 2 aromatic carbocycles. The Morgan fingerprint density at radius 1 is 1.12 bits per heavy atom. The highest BCUT2D eigenvalue weighted by atomic mass is 79.9. The first-order valence-corrected chi connectivity index (χ1v) is 8.49. The van der Waals surface area contributed by atoms with E-state index in [9.17, 15) is 9.18 Å². The molecule has 1 N–H and O–H groups in total. The number of hydrogen-bond acceptors (Lipinski definition) is 4. The standard InChI is InChI=1S/C18H12BrFN4O2/c1-10-8-14-15(23-24(22-14)12-4-2-11(20)3-5-12)9-13(10)21-18(25)16-6-7-17(19)26-16/h2-9H,1H3,(H,21,25). The Labute approximate surface area is 155 Å². The maximum Gasteiger partial charge on any atom is 0.291 e. The molecule has 6 nitrogen and oxygen atoms in total. The van der Waals surface area contributed by atoms with Crippen LogP contribution < -0.4 is 5.32 Å². The van der Waals surface area contributed by atoms with Crippen LogP contribution in [0.2, 0.25) is 0 Å². The first-order chi connectivity index (χ1) is 12.5. The molecule has 0 aliphatic rings. The van der Waals surface area contributed by atoms with E-state index in [1.54, 1.807) is 30.3 Å². The third-order valence-corrected chi connectivity index (χ3v) is 4.26. The maximum atomic E-state index is 13.1. The van der Waals surface area contributed by atoms with E-state index in [1.807, 2.05) is 13.0 Å². The third-order valence-electron chi connectivity index (χ3n) is 3.83. The fourth-order valence-corrected chi connectivity index (χ4v) is 2.82. The summed E-state index contributed by atoms with van der Waals surface area (Å²) in [6.07, 6.45) is 0. The number of aryl methyl sites for hydroxylation is 1. The molecule has 0 aliphatic heterocycles. The number of furan rings is 1. The van der Waals surface area contributed by atoms with E-state index in [-0.39, 0.29) is 17.5 Å². The molecule has 0 saturated carbocycles. The van der Waals surface area contributed by atoms with Gasteiger partial charge in [-0.1, -0.05) is 0 Å².